The number of aromatic nitrogens is 24. The van der Waals surface area contributed by atoms with E-state index in [0.29, 0.717) is 50.0 Å². The highest BCUT2D eigenvalue weighted by Gasteiger charge is 2.32. The second kappa shape index (κ2) is 26.8. The molecule has 12 aromatic heterocycles. The Kier molecular flexibility index (Phi) is 17.3. The zero-order valence-corrected chi connectivity index (χ0v) is 52.2. The van der Waals surface area contributed by atoms with E-state index in [1.165, 1.54) is 117 Å². The van der Waals surface area contributed by atoms with E-state index in [1.807, 2.05) is 13.8 Å². The van der Waals surface area contributed by atoms with Crippen molar-refractivity contribution in [3.05, 3.63) is 128 Å². The van der Waals surface area contributed by atoms with Crippen molar-refractivity contribution < 1.29 is 24.4 Å². The number of nitrogens with zero attached hydrogens (tertiary/aromatic N) is 24. The van der Waals surface area contributed by atoms with E-state index in [-0.39, 0.29) is 73.9 Å². The summed E-state index contributed by atoms with van der Waals surface area (Å²) in [5, 5.41) is 38.0. The van der Waals surface area contributed by atoms with E-state index in [2.05, 4.69) is 102 Å². The summed E-state index contributed by atoms with van der Waals surface area (Å²) >= 11 is 12.3. The van der Waals surface area contributed by atoms with Gasteiger partial charge in [0, 0.05) is 94.6 Å². The van der Waals surface area contributed by atoms with Crippen LogP contribution in [0.5, 0.6) is 20.8 Å². The fraction of sp³-hybridized carbons (Fsp3) is 0.333. The lowest BCUT2D eigenvalue weighted by molar-refractivity contribution is 0.303. The maximum Gasteiger partial charge on any atom is 0.369 e. The highest BCUT2D eigenvalue weighted by atomic mass is 127. The second-order valence-corrected chi connectivity index (χ2v) is 25.0. The van der Waals surface area contributed by atoms with Crippen LogP contribution in [0, 0.1) is 9.81 Å². The van der Waals surface area contributed by atoms with Gasteiger partial charge in [0.2, 0.25) is 0 Å². The van der Waals surface area contributed by atoms with Crippen molar-refractivity contribution in [3.8, 4) is 44.0 Å². The molecule has 1 aliphatic rings. The monoisotopic (exact) mass is 1400 g/mol. The molecule has 12 aromatic rings. The van der Waals surface area contributed by atoms with Gasteiger partial charge in [-0.2, -0.15) is 36.2 Å². The SMILES string of the molecule is [3H]c1csc(OCc2c(-n3nnn(C)c3=O)nsc2C)n1.[3H]c1csc(OCc2c(-n3nnn(C)c3=O)nsc2C2CC2)n1.[3H]c1csc(OCc2c(-n3nnn(C)c3=O)nsc2CC)n1.[3H]c1csc(OCc2c(-n3nnn(C)c3=O)nsc2I)n1. The van der Waals surface area contributed by atoms with Crippen LogP contribution in [0.3, 0.4) is 0 Å². The Hall–Kier alpha value is -7.55. The molecule has 0 aromatic carbocycles. The molecule has 0 radical (unpaired) electrons. The quantitative estimate of drug-likeness (QED) is 0.109. The Morgan fingerprint density at radius 2 is 0.843 bits per heavy atom. The Morgan fingerprint density at radius 1 is 0.494 bits per heavy atom. The molecule has 32 nitrogen and oxygen atoms in total. The minimum absolute atomic E-state index is 0.165. The normalized spacial score (nSPS) is 12.5. The van der Waals surface area contributed by atoms with Gasteiger partial charge in [0.05, 0.1) is 25.1 Å². The number of rotatable bonds is 18. The van der Waals surface area contributed by atoms with Crippen LogP contribution in [-0.4, -0.2) is 117 Å². The van der Waals surface area contributed by atoms with Crippen LogP contribution in [0.15, 0.2) is 65.4 Å². The molecule has 1 fully saturated rings. The molecule has 0 saturated heterocycles. The second-order valence-electron chi connectivity index (χ2n) is 16.5. The zero-order chi connectivity index (χ0) is 61.6. The lowest BCUT2D eigenvalue weighted by Gasteiger charge is -2.05. The van der Waals surface area contributed by atoms with E-state index < -0.39 is 0 Å². The third-order valence-corrected chi connectivity index (χ3v) is 18.4. The fourth-order valence-electron chi connectivity index (χ4n) is 6.80. The Bertz CT molecular complexity index is 4430. The summed E-state index contributed by atoms with van der Waals surface area (Å²) in [5.74, 6) is 2.21. The molecule has 41 heteroatoms. The molecular formula is C42H41IN24O8S8. The van der Waals surface area contributed by atoms with E-state index in [4.69, 9.17) is 24.4 Å². The first-order chi connectivity index (χ1) is 41.8. The number of ether oxygens (including phenoxy) is 4. The van der Waals surface area contributed by atoms with Crippen molar-refractivity contribution in [1.82, 2.24) is 117 Å². The van der Waals surface area contributed by atoms with Crippen molar-refractivity contribution in [1.29, 1.82) is 0 Å². The molecule has 0 spiro atoms. The van der Waals surface area contributed by atoms with Crippen LogP contribution in [0.2, 0.25) is 0 Å². The van der Waals surface area contributed by atoms with Gasteiger partial charge in [-0.15, -0.1) is 18.7 Å². The third kappa shape index (κ3) is 13.6. The van der Waals surface area contributed by atoms with E-state index in [0.717, 1.165) is 91.8 Å². The summed E-state index contributed by atoms with van der Waals surface area (Å²) in [6.07, 6.45) is 3.70. The highest BCUT2D eigenvalue weighted by Crippen LogP contribution is 2.45. The minimum atomic E-state index is -0.374. The number of hydrogen-bond donors (Lipinski definition) is 0. The van der Waals surface area contributed by atoms with Gasteiger partial charge in [-0.3, -0.25) is 0 Å². The molecule has 0 amide bonds. The summed E-state index contributed by atoms with van der Waals surface area (Å²) in [7, 11) is 6.11. The van der Waals surface area contributed by atoms with Crippen molar-refractivity contribution >= 4 is 114 Å². The Morgan fingerprint density at radius 3 is 1.23 bits per heavy atom. The lowest BCUT2D eigenvalue weighted by Crippen LogP contribution is -2.23. The largest absolute Gasteiger partial charge is 0.465 e. The van der Waals surface area contributed by atoms with Crippen LogP contribution in [0.25, 0.3) is 23.3 Å². The first kappa shape index (κ1) is 53.5. The molecule has 0 unspecified atom stereocenters. The summed E-state index contributed by atoms with van der Waals surface area (Å²) in [6.45, 7) is 4.75. The summed E-state index contributed by atoms with van der Waals surface area (Å²) < 4.78 is 79.2. The molecular weight excluding hydrogens is 1350 g/mol. The van der Waals surface area contributed by atoms with Gasteiger partial charge in [-0.25, -0.2) is 39.1 Å². The summed E-state index contributed by atoms with van der Waals surface area (Å²) in [4.78, 5) is 66.6. The van der Waals surface area contributed by atoms with Gasteiger partial charge in [-0.05, 0) is 143 Å². The predicted octanol–water partition coefficient (Wildman–Crippen LogP) is 4.18. The summed E-state index contributed by atoms with van der Waals surface area (Å²) in [6, 6.07) is 0. The molecule has 1 aliphatic carbocycles. The van der Waals surface area contributed by atoms with Crippen LogP contribution in [0.4, 0.5) is 0 Å². The summed E-state index contributed by atoms with van der Waals surface area (Å²) in [5.41, 5.74) is 1.68. The Balaban J connectivity index is 0.000000129. The van der Waals surface area contributed by atoms with Crippen molar-refractivity contribution in [2.45, 2.75) is 65.5 Å². The predicted molar refractivity (Wildman–Crippen MR) is 314 cm³/mol. The molecule has 0 aliphatic heterocycles. The first-order valence-corrected chi connectivity index (χ1v) is 31.3. The number of tetrazole rings is 4. The molecule has 12 heterocycles. The zero-order valence-electron chi connectivity index (χ0n) is 47.5. The lowest BCUT2D eigenvalue weighted by atomic mass is 10.2. The van der Waals surface area contributed by atoms with Crippen LogP contribution in [0.1, 0.15) is 68.1 Å². The minimum Gasteiger partial charge on any atom is -0.465 e. The van der Waals surface area contributed by atoms with Gasteiger partial charge in [0.1, 0.15) is 26.4 Å². The molecule has 13 rings (SSSR count). The first-order valence-electron chi connectivity index (χ1n) is 25.6. The van der Waals surface area contributed by atoms with E-state index >= 15 is 0 Å². The molecule has 1 saturated carbocycles. The molecule has 0 N–H and O–H groups in total. The van der Waals surface area contributed by atoms with Crippen molar-refractivity contribution in [3.63, 3.8) is 0 Å². The van der Waals surface area contributed by atoms with Gasteiger partial charge in [0.15, 0.2) is 23.3 Å². The smallest absolute Gasteiger partial charge is 0.369 e. The maximum atomic E-state index is 12.1. The number of halogens is 1. The fourth-order valence-corrected chi connectivity index (χ4v) is 12.3. The molecule has 83 heavy (non-hydrogen) atoms. The third-order valence-electron chi connectivity index (χ3n) is 11.1. The standard InChI is InChI=1S/C12H12N6O2S2.C11H12N6O2S2.C10H10N6O2S2.C9H7IN6O2S2/c1-17-12(19)18(16-15-17)10-8(6-20-11-13-4-5-21-11)9(22-14-10)7-2-3-7;1-3-8-7(6-19-10-12-4-5-20-10)9(13-21-8)17-11(18)16(2)14-15-17;1-6-7(5-18-9-11-3-4-19-9)8(12-20-6)16-10(17)15(2)13-14-16;1-15-9(17)16(14-13-15)7-5(6(10)20-12-7)4-18-8-11-2-3-19-8/h4-5,7H,2-3,6H2,1H3;4-5H,3,6H2,1-2H3;3-4H,5H2,1-2H3;2-3H,4H2,1H3/i2*4T;3T;2T. The molecule has 432 valence electrons. The van der Waals surface area contributed by atoms with Crippen LogP contribution in [-0.2, 0) is 61.0 Å². The molecule has 0 atom stereocenters. The topological polar surface area (TPSA) is 351 Å². The highest BCUT2D eigenvalue weighted by molar-refractivity contribution is 14.1. The molecule has 0 bridgehead atoms. The number of hydrogen-bond acceptors (Lipinski definition) is 32. The van der Waals surface area contributed by atoms with Gasteiger partial charge in [0.25, 0.3) is 20.8 Å². The van der Waals surface area contributed by atoms with Gasteiger partial charge >= 0.3 is 22.8 Å². The average molecular weight is 1400 g/mol. The average Bonchev–Trinajstić information content (AvgIpc) is 2.34. The van der Waals surface area contributed by atoms with E-state index in [9.17, 15) is 19.2 Å². The number of thiazole rings is 4. The van der Waals surface area contributed by atoms with E-state index in [1.54, 1.807) is 28.6 Å². The van der Waals surface area contributed by atoms with Crippen molar-refractivity contribution in [2.75, 3.05) is 0 Å². The number of aryl methyl sites for hydroxylation is 6. The van der Waals surface area contributed by atoms with Crippen LogP contribution >= 0.6 is 114 Å². The van der Waals surface area contributed by atoms with Crippen molar-refractivity contribution in [2.24, 2.45) is 28.2 Å². The Labute approximate surface area is 516 Å². The van der Waals surface area contributed by atoms with Gasteiger partial charge < -0.3 is 18.9 Å². The van der Waals surface area contributed by atoms with Crippen LogP contribution < -0.4 is 41.7 Å². The van der Waals surface area contributed by atoms with Gasteiger partial charge in [-0.1, -0.05) is 52.3 Å². The maximum absolute atomic E-state index is 12.1.